The molecule has 0 spiro atoms. The maximum atomic E-state index is 10.8. The average molecular weight is 311 g/mol. The number of hydrogen-bond acceptors (Lipinski definition) is 5. The molecule has 1 aliphatic heterocycles. The predicted octanol–water partition coefficient (Wildman–Crippen LogP) is 2.15. The second-order valence-corrected chi connectivity index (χ2v) is 6.72. The van der Waals surface area contributed by atoms with Crippen LogP contribution in [0.1, 0.15) is 44.3 Å². The van der Waals surface area contributed by atoms with Gasteiger partial charge in [-0.15, -0.1) is 10.2 Å². The molecule has 1 saturated heterocycles. The Bertz CT molecular complexity index is 516. The summed E-state index contributed by atoms with van der Waals surface area (Å²) in [5.41, 5.74) is 0. The molecule has 2 aliphatic rings. The molecular formula is C14H21N3O3S. The summed E-state index contributed by atoms with van der Waals surface area (Å²) in [4.78, 5) is 10.8. The summed E-state index contributed by atoms with van der Waals surface area (Å²) in [6.07, 6.45) is 4.71. The van der Waals surface area contributed by atoms with Gasteiger partial charge in [0.2, 0.25) is 0 Å². The third-order valence-electron chi connectivity index (χ3n) is 4.18. The molecule has 2 atom stereocenters. The highest BCUT2D eigenvalue weighted by molar-refractivity contribution is 7.99. The van der Waals surface area contributed by atoms with E-state index >= 15 is 0 Å². The van der Waals surface area contributed by atoms with E-state index in [1.165, 1.54) is 24.6 Å². The van der Waals surface area contributed by atoms with Crippen LogP contribution in [0.4, 0.5) is 0 Å². The van der Waals surface area contributed by atoms with E-state index in [0.29, 0.717) is 17.9 Å². The molecule has 1 aromatic rings. The van der Waals surface area contributed by atoms with Gasteiger partial charge in [-0.1, -0.05) is 18.7 Å². The van der Waals surface area contributed by atoms with Crippen LogP contribution in [0, 0.1) is 5.92 Å². The molecule has 1 saturated carbocycles. The van der Waals surface area contributed by atoms with Gasteiger partial charge in [0.05, 0.1) is 11.9 Å². The molecule has 7 heteroatoms. The number of nitrogens with zero attached hydrogens (tertiary/aromatic N) is 3. The second kappa shape index (κ2) is 6.36. The second-order valence-electron chi connectivity index (χ2n) is 5.77. The maximum Gasteiger partial charge on any atom is 0.313 e. The van der Waals surface area contributed by atoms with E-state index < -0.39 is 5.97 Å². The van der Waals surface area contributed by atoms with Crippen LogP contribution in [-0.4, -0.2) is 44.3 Å². The number of thioether (sulfide) groups is 1. The van der Waals surface area contributed by atoms with Crippen molar-refractivity contribution in [3.63, 3.8) is 0 Å². The van der Waals surface area contributed by atoms with Crippen LogP contribution in [0.25, 0.3) is 0 Å². The smallest absolute Gasteiger partial charge is 0.313 e. The minimum Gasteiger partial charge on any atom is -0.481 e. The average Bonchev–Trinajstić information content (AvgIpc) is 3.08. The number of aliphatic carboxylic acids is 1. The summed E-state index contributed by atoms with van der Waals surface area (Å²) in [6, 6.07) is 0. The van der Waals surface area contributed by atoms with E-state index in [9.17, 15) is 4.79 Å². The van der Waals surface area contributed by atoms with Crippen molar-refractivity contribution in [2.24, 2.45) is 5.92 Å². The predicted molar refractivity (Wildman–Crippen MR) is 78.5 cm³/mol. The topological polar surface area (TPSA) is 77.2 Å². The van der Waals surface area contributed by atoms with Crippen LogP contribution < -0.4 is 0 Å². The molecule has 2 heterocycles. The normalized spacial score (nSPS) is 25.4. The summed E-state index contributed by atoms with van der Waals surface area (Å²) in [5, 5.41) is 18.1. The van der Waals surface area contributed by atoms with Crippen molar-refractivity contribution < 1.29 is 14.6 Å². The SMILES string of the molecule is CCC1OCCC1Cn1c(SCC(=O)O)nnc1C1CC1. The van der Waals surface area contributed by atoms with Crippen LogP contribution >= 0.6 is 11.8 Å². The monoisotopic (exact) mass is 311 g/mol. The van der Waals surface area contributed by atoms with Gasteiger partial charge in [0, 0.05) is 25.0 Å². The molecule has 116 valence electrons. The third-order valence-corrected chi connectivity index (χ3v) is 5.13. The number of rotatable bonds is 7. The molecule has 3 rings (SSSR count). The fourth-order valence-corrected chi connectivity index (χ4v) is 3.61. The number of carbonyl (C=O) groups is 1. The van der Waals surface area contributed by atoms with Crippen LogP contribution in [0.15, 0.2) is 5.16 Å². The molecule has 1 N–H and O–H groups in total. The Morgan fingerprint density at radius 2 is 2.24 bits per heavy atom. The summed E-state index contributed by atoms with van der Waals surface area (Å²) >= 11 is 1.26. The molecule has 0 radical (unpaired) electrons. The van der Waals surface area contributed by atoms with Crippen LogP contribution in [0.5, 0.6) is 0 Å². The van der Waals surface area contributed by atoms with Gasteiger partial charge in [-0.3, -0.25) is 4.79 Å². The number of ether oxygens (including phenoxy) is 1. The van der Waals surface area contributed by atoms with Gasteiger partial charge in [0.1, 0.15) is 5.82 Å². The van der Waals surface area contributed by atoms with E-state index in [2.05, 4.69) is 21.7 Å². The number of hydrogen-bond donors (Lipinski definition) is 1. The lowest BCUT2D eigenvalue weighted by molar-refractivity contribution is -0.133. The molecule has 1 aliphatic carbocycles. The minimum absolute atomic E-state index is 0.0289. The summed E-state index contributed by atoms with van der Waals surface area (Å²) in [6.45, 7) is 3.82. The largest absolute Gasteiger partial charge is 0.481 e. The Kier molecular flexibility index (Phi) is 4.49. The van der Waals surface area contributed by atoms with Gasteiger partial charge < -0.3 is 14.4 Å². The molecular weight excluding hydrogens is 290 g/mol. The molecule has 0 aromatic carbocycles. The Hall–Kier alpha value is -1.08. The van der Waals surface area contributed by atoms with Crippen LogP contribution in [0.3, 0.4) is 0 Å². The highest BCUT2D eigenvalue weighted by Gasteiger charge is 2.33. The molecule has 2 unspecified atom stereocenters. The molecule has 2 fully saturated rings. The lowest BCUT2D eigenvalue weighted by atomic mass is 9.99. The first kappa shape index (κ1) is 14.8. The fourth-order valence-electron chi connectivity index (χ4n) is 2.94. The number of carboxylic acid groups (broad SMARTS) is 1. The standard InChI is InChI=1S/C14H21N3O3S/c1-2-11-10(5-6-20-11)7-17-13(9-3-4-9)15-16-14(17)21-8-12(18)19/h9-11H,2-8H2,1H3,(H,18,19). The van der Waals surface area contributed by atoms with Gasteiger partial charge in [-0.2, -0.15) is 0 Å². The van der Waals surface area contributed by atoms with Crippen LogP contribution in [0.2, 0.25) is 0 Å². The molecule has 0 amide bonds. The van der Waals surface area contributed by atoms with E-state index in [-0.39, 0.29) is 5.75 Å². The van der Waals surface area contributed by atoms with E-state index in [4.69, 9.17) is 9.84 Å². The van der Waals surface area contributed by atoms with E-state index in [1.807, 2.05) is 0 Å². The highest BCUT2D eigenvalue weighted by atomic mass is 32.2. The zero-order valence-corrected chi connectivity index (χ0v) is 13.0. The first-order valence-electron chi connectivity index (χ1n) is 7.58. The van der Waals surface area contributed by atoms with Crippen molar-refractivity contribution in [1.29, 1.82) is 0 Å². The van der Waals surface area contributed by atoms with Crippen molar-refractivity contribution >= 4 is 17.7 Å². The van der Waals surface area contributed by atoms with Gasteiger partial charge in [0.25, 0.3) is 0 Å². The number of aromatic nitrogens is 3. The number of carboxylic acids is 1. The third kappa shape index (κ3) is 3.40. The molecule has 1 aromatic heterocycles. The maximum absolute atomic E-state index is 10.8. The van der Waals surface area contributed by atoms with E-state index in [0.717, 1.165) is 37.0 Å². The molecule has 6 nitrogen and oxygen atoms in total. The van der Waals surface area contributed by atoms with Crippen LogP contribution in [-0.2, 0) is 16.1 Å². The highest BCUT2D eigenvalue weighted by Crippen LogP contribution is 2.40. The van der Waals surface area contributed by atoms with Crippen molar-refractivity contribution in [2.75, 3.05) is 12.4 Å². The van der Waals surface area contributed by atoms with Gasteiger partial charge >= 0.3 is 5.97 Å². The minimum atomic E-state index is -0.821. The van der Waals surface area contributed by atoms with Crippen molar-refractivity contribution in [3.8, 4) is 0 Å². The Morgan fingerprint density at radius 3 is 2.90 bits per heavy atom. The first-order chi connectivity index (χ1) is 10.2. The lowest BCUT2D eigenvalue weighted by Gasteiger charge is -2.19. The van der Waals surface area contributed by atoms with Gasteiger partial charge in [-0.25, -0.2) is 0 Å². The van der Waals surface area contributed by atoms with E-state index in [1.54, 1.807) is 0 Å². The summed E-state index contributed by atoms with van der Waals surface area (Å²) in [5.74, 6) is 1.23. The van der Waals surface area contributed by atoms with Crippen molar-refractivity contribution in [2.45, 2.75) is 56.3 Å². The Balaban J connectivity index is 1.77. The zero-order chi connectivity index (χ0) is 14.8. The van der Waals surface area contributed by atoms with Gasteiger partial charge in [-0.05, 0) is 25.7 Å². The van der Waals surface area contributed by atoms with Crippen molar-refractivity contribution in [1.82, 2.24) is 14.8 Å². The molecule has 0 bridgehead atoms. The van der Waals surface area contributed by atoms with Crippen molar-refractivity contribution in [3.05, 3.63) is 5.82 Å². The quantitative estimate of drug-likeness (QED) is 0.777. The lowest BCUT2D eigenvalue weighted by Crippen LogP contribution is -2.22. The molecule has 21 heavy (non-hydrogen) atoms. The fraction of sp³-hybridized carbons (Fsp3) is 0.786. The Labute approximate surface area is 128 Å². The summed E-state index contributed by atoms with van der Waals surface area (Å²) in [7, 11) is 0. The zero-order valence-electron chi connectivity index (χ0n) is 12.2. The van der Waals surface area contributed by atoms with Gasteiger partial charge in [0.15, 0.2) is 5.16 Å². The Morgan fingerprint density at radius 1 is 1.43 bits per heavy atom. The summed E-state index contributed by atoms with van der Waals surface area (Å²) < 4.78 is 7.91. The first-order valence-corrected chi connectivity index (χ1v) is 8.57.